The zero-order valence-electron chi connectivity index (χ0n) is 8.34. The maximum absolute atomic E-state index is 5.46. The van der Waals surface area contributed by atoms with Crippen LogP contribution in [0.3, 0.4) is 0 Å². The van der Waals surface area contributed by atoms with Crippen LogP contribution in [0.2, 0.25) is 0 Å². The molecule has 0 rings (SSSR count). The van der Waals surface area contributed by atoms with E-state index < -0.39 is 0 Å². The molecule has 0 aromatic rings. The normalized spacial score (nSPS) is 9.86. The number of hydrogen-bond acceptors (Lipinski definition) is 3. The first-order chi connectivity index (χ1) is 6.41. The average molecular weight is 255 g/mol. The number of unbranched alkanes of at least 4 members (excludes halogenated alkanes) is 2. The van der Waals surface area contributed by atoms with Crippen LogP contribution in [-0.2, 0) is 14.8 Å². The molecule has 0 atom stereocenters. The van der Waals surface area contributed by atoms with Gasteiger partial charge >= 0.3 is 0 Å². The van der Waals surface area contributed by atoms with Crippen molar-refractivity contribution in [2.45, 2.75) is 25.7 Å². The quantitative estimate of drug-likeness (QED) is 0.197. The van der Waals surface area contributed by atoms with Gasteiger partial charge in [-0.25, -0.2) is 9.78 Å². The molecule has 0 aliphatic heterocycles. The monoisotopic (exact) mass is 254 g/mol. The molecule has 0 N–H and O–H groups in total. The van der Waals surface area contributed by atoms with Gasteiger partial charge in [-0.05, 0) is 25.7 Å². The fourth-order valence-electron chi connectivity index (χ4n) is 0.613. The Hall–Kier alpha value is 1.23. The largest absolute Gasteiger partial charge is 0.206 e. The van der Waals surface area contributed by atoms with E-state index in [-0.39, 0.29) is 23.1 Å². The van der Waals surface area contributed by atoms with E-state index in [9.17, 15) is 0 Å². The number of hydrogen-bond donors (Lipinski definition) is 0. The second kappa shape index (κ2) is 16.6. The molecule has 0 aromatic heterocycles. The third-order valence-corrected chi connectivity index (χ3v) is 1.85. The van der Waals surface area contributed by atoms with Gasteiger partial charge < -0.3 is 0 Å². The molecule has 0 heterocycles. The van der Waals surface area contributed by atoms with Crippen LogP contribution < -0.4 is 0 Å². The molecular formula is C8H16Cl2MgO3. The summed E-state index contributed by atoms with van der Waals surface area (Å²) in [4.78, 5) is 9.40. The van der Waals surface area contributed by atoms with Crippen LogP contribution in [0.5, 0.6) is 0 Å². The smallest absolute Gasteiger partial charge is 0.0854 e. The first-order valence-corrected chi connectivity index (χ1v) is 5.51. The summed E-state index contributed by atoms with van der Waals surface area (Å²) in [6, 6.07) is 0. The van der Waals surface area contributed by atoms with Gasteiger partial charge in [-0.15, -0.1) is 23.2 Å². The molecular weight excluding hydrogens is 239 g/mol. The fourth-order valence-corrected chi connectivity index (χ4v) is 0.991. The lowest BCUT2D eigenvalue weighted by Gasteiger charge is -2.01. The van der Waals surface area contributed by atoms with Crippen LogP contribution >= 0.6 is 23.2 Å². The van der Waals surface area contributed by atoms with E-state index in [1.165, 1.54) is 0 Å². The molecule has 0 amide bonds. The van der Waals surface area contributed by atoms with Crippen molar-refractivity contribution >= 4 is 46.3 Å². The summed E-state index contributed by atoms with van der Waals surface area (Å²) in [7, 11) is 0. The first-order valence-electron chi connectivity index (χ1n) is 4.45. The lowest BCUT2D eigenvalue weighted by molar-refractivity contribution is -0.512. The van der Waals surface area contributed by atoms with Crippen LogP contribution in [0.1, 0.15) is 25.7 Å². The Morgan fingerprint density at radius 3 is 1.50 bits per heavy atom. The summed E-state index contributed by atoms with van der Waals surface area (Å²) in [5.74, 6) is 1.31. The van der Waals surface area contributed by atoms with Crippen molar-refractivity contribution in [3.8, 4) is 0 Å². The molecule has 0 unspecified atom stereocenters. The molecule has 0 aromatic carbocycles. The minimum atomic E-state index is 0. The summed E-state index contributed by atoms with van der Waals surface area (Å²) < 4.78 is 0. The second-order valence-corrected chi connectivity index (χ2v) is 3.26. The van der Waals surface area contributed by atoms with E-state index in [1.54, 1.807) is 0 Å². The molecule has 0 aliphatic rings. The fraction of sp³-hybridized carbons (Fsp3) is 1.00. The second-order valence-electron chi connectivity index (χ2n) is 2.50. The van der Waals surface area contributed by atoms with E-state index in [0.29, 0.717) is 25.0 Å². The summed E-state index contributed by atoms with van der Waals surface area (Å²) in [5, 5.41) is 4.44. The van der Waals surface area contributed by atoms with Crippen molar-refractivity contribution in [1.29, 1.82) is 0 Å². The van der Waals surface area contributed by atoms with E-state index in [2.05, 4.69) is 5.04 Å². The van der Waals surface area contributed by atoms with Gasteiger partial charge in [-0.1, -0.05) is 5.04 Å². The highest BCUT2D eigenvalue weighted by molar-refractivity contribution is 6.18. The molecule has 0 fully saturated rings. The maximum atomic E-state index is 5.46. The zero-order chi connectivity index (χ0) is 9.78. The van der Waals surface area contributed by atoms with Gasteiger partial charge in [0.05, 0.1) is 13.2 Å². The predicted molar refractivity (Wildman–Crippen MR) is 58.7 cm³/mol. The Bertz CT molecular complexity index is 88.7. The Labute approximate surface area is 111 Å². The standard InChI is InChI=1S/C8H16Cl2O3.Mg/c9-5-1-3-7-11-13-12-8-4-2-6-10;/h1-8H2;. The van der Waals surface area contributed by atoms with Crippen molar-refractivity contribution < 1.29 is 14.8 Å². The van der Waals surface area contributed by atoms with Gasteiger partial charge in [-0.2, -0.15) is 0 Å². The third-order valence-electron chi connectivity index (χ3n) is 1.32. The molecule has 3 nitrogen and oxygen atoms in total. The number of alkyl halides is 2. The number of halogens is 2. The Morgan fingerprint density at radius 1 is 0.714 bits per heavy atom. The van der Waals surface area contributed by atoms with Crippen molar-refractivity contribution in [3.63, 3.8) is 0 Å². The van der Waals surface area contributed by atoms with Crippen LogP contribution in [-0.4, -0.2) is 48.0 Å². The van der Waals surface area contributed by atoms with Crippen molar-refractivity contribution in [2.24, 2.45) is 0 Å². The molecule has 6 heteroatoms. The molecule has 82 valence electrons. The predicted octanol–water partition coefficient (Wildman–Crippen LogP) is 2.52. The minimum absolute atomic E-state index is 0. The summed E-state index contributed by atoms with van der Waals surface area (Å²) in [5.41, 5.74) is 0. The van der Waals surface area contributed by atoms with Crippen LogP contribution in [0.4, 0.5) is 0 Å². The topological polar surface area (TPSA) is 27.7 Å². The van der Waals surface area contributed by atoms with Crippen molar-refractivity contribution in [3.05, 3.63) is 0 Å². The lowest BCUT2D eigenvalue weighted by atomic mass is 10.4. The van der Waals surface area contributed by atoms with Crippen LogP contribution in [0.25, 0.3) is 0 Å². The minimum Gasteiger partial charge on any atom is -0.206 e. The Kier molecular flexibility index (Phi) is 20.9. The van der Waals surface area contributed by atoms with Gasteiger partial charge in [0.25, 0.3) is 0 Å². The Morgan fingerprint density at radius 2 is 1.14 bits per heavy atom. The van der Waals surface area contributed by atoms with Crippen molar-refractivity contribution in [2.75, 3.05) is 25.0 Å². The highest BCUT2D eigenvalue weighted by atomic mass is 35.5. The molecule has 0 spiro atoms. The van der Waals surface area contributed by atoms with Gasteiger partial charge in [0.2, 0.25) is 0 Å². The van der Waals surface area contributed by atoms with Crippen LogP contribution in [0, 0.1) is 0 Å². The summed E-state index contributed by atoms with van der Waals surface area (Å²) >= 11 is 10.9. The third kappa shape index (κ3) is 15.7. The van der Waals surface area contributed by atoms with Crippen LogP contribution in [0.15, 0.2) is 0 Å². The number of rotatable bonds is 10. The molecule has 0 aliphatic carbocycles. The SMILES string of the molecule is ClCCCCOOOCCCCCl.[Mg]. The molecule has 0 saturated heterocycles. The Balaban J connectivity index is 0. The average Bonchev–Trinajstić information content (AvgIpc) is 2.16. The maximum Gasteiger partial charge on any atom is 0.0854 e. The molecule has 14 heavy (non-hydrogen) atoms. The highest BCUT2D eigenvalue weighted by Gasteiger charge is 1.91. The lowest BCUT2D eigenvalue weighted by Crippen LogP contribution is -2.00. The molecule has 2 radical (unpaired) electrons. The van der Waals surface area contributed by atoms with Gasteiger partial charge in [0.15, 0.2) is 0 Å². The zero-order valence-corrected chi connectivity index (χ0v) is 11.3. The highest BCUT2D eigenvalue weighted by Crippen LogP contribution is 1.95. The van der Waals surface area contributed by atoms with E-state index in [0.717, 1.165) is 25.7 Å². The van der Waals surface area contributed by atoms with Gasteiger partial charge in [-0.3, -0.25) is 0 Å². The summed E-state index contributed by atoms with van der Waals surface area (Å²) in [6.45, 7) is 1.03. The van der Waals surface area contributed by atoms with Gasteiger partial charge in [0, 0.05) is 34.8 Å². The summed E-state index contributed by atoms with van der Waals surface area (Å²) in [6.07, 6.45) is 3.62. The molecule has 0 bridgehead atoms. The first kappa shape index (κ1) is 17.6. The van der Waals surface area contributed by atoms with E-state index in [1.807, 2.05) is 0 Å². The van der Waals surface area contributed by atoms with E-state index >= 15 is 0 Å². The molecule has 0 saturated carbocycles. The van der Waals surface area contributed by atoms with E-state index in [4.69, 9.17) is 33.0 Å². The van der Waals surface area contributed by atoms with Crippen molar-refractivity contribution in [1.82, 2.24) is 0 Å². The van der Waals surface area contributed by atoms with Gasteiger partial charge in [0.1, 0.15) is 0 Å².